The van der Waals surface area contributed by atoms with Gasteiger partial charge in [-0.2, -0.15) is 0 Å². The zero-order valence-electron chi connectivity index (χ0n) is 8.04. The fourth-order valence-electron chi connectivity index (χ4n) is 1.44. The number of carbonyl (C=O) groups excluding carboxylic acids is 1. The number of nitrogens with one attached hydrogen (secondary N) is 1. The van der Waals surface area contributed by atoms with Gasteiger partial charge in [-0.25, -0.2) is 4.79 Å². The van der Waals surface area contributed by atoms with E-state index in [4.69, 9.17) is 4.74 Å². The van der Waals surface area contributed by atoms with Gasteiger partial charge in [-0.1, -0.05) is 0 Å². The summed E-state index contributed by atoms with van der Waals surface area (Å²) in [6.45, 7) is 1.50. The standard InChI is InChI=1S/C9H17NO3/c1-12-9(11)10-6-5-8-4-2-3-7-13-8/h8H,2-7H2,1H3,(H,10,11). The maximum absolute atomic E-state index is 10.7. The van der Waals surface area contributed by atoms with Crippen LogP contribution in [0.5, 0.6) is 0 Å². The molecule has 0 radical (unpaired) electrons. The summed E-state index contributed by atoms with van der Waals surface area (Å²) in [6, 6.07) is 0. The summed E-state index contributed by atoms with van der Waals surface area (Å²) >= 11 is 0. The summed E-state index contributed by atoms with van der Waals surface area (Å²) in [5.74, 6) is 0. The smallest absolute Gasteiger partial charge is 0.406 e. The van der Waals surface area contributed by atoms with Gasteiger partial charge < -0.3 is 14.8 Å². The monoisotopic (exact) mass is 187 g/mol. The topological polar surface area (TPSA) is 47.6 Å². The molecule has 4 heteroatoms. The molecule has 0 aromatic carbocycles. The lowest BCUT2D eigenvalue weighted by Crippen LogP contribution is -2.29. The maximum Gasteiger partial charge on any atom is 0.406 e. The molecule has 4 nitrogen and oxygen atoms in total. The van der Waals surface area contributed by atoms with Gasteiger partial charge in [-0.05, 0) is 25.7 Å². The normalized spacial score (nSPS) is 22.4. The molecule has 1 rings (SSSR count). The lowest BCUT2D eigenvalue weighted by molar-refractivity contribution is 0.0116. The van der Waals surface area contributed by atoms with Crippen LogP contribution in [0.3, 0.4) is 0 Å². The first-order valence-electron chi connectivity index (χ1n) is 4.76. The molecule has 1 unspecified atom stereocenters. The molecule has 0 bridgehead atoms. The van der Waals surface area contributed by atoms with Gasteiger partial charge in [0.25, 0.3) is 0 Å². The average molecular weight is 187 g/mol. The Morgan fingerprint density at radius 1 is 1.62 bits per heavy atom. The van der Waals surface area contributed by atoms with Crippen LogP contribution in [0.25, 0.3) is 0 Å². The van der Waals surface area contributed by atoms with E-state index in [1.54, 1.807) is 0 Å². The third-order valence-electron chi connectivity index (χ3n) is 2.20. The summed E-state index contributed by atoms with van der Waals surface area (Å²) in [5.41, 5.74) is 0. The Kier molecular flexibility index (Phi) is 4.60. The molecule has 0 spiro atoms. The molecule has 13 heavy (non-hydrogen) atoms. The van der Waals surface area contributed by atoms with Crippen LogP contribution >= 0.6 is 0 Å². The first-order chi connectivity index (χ1) is 6.33. The zero-order chi connectivity index (χ0) is 9.52. The van der Waals surface area contributed by atoms with Crippen molar-refractivity contribution in [2.45, 2.75) is 31.8 Å². The van der Waals surface area contributed by atoms with E-state index in [-0.39, 0.29) is 6.09 Å². The quantitative estimate of drug-likeness (QED) is 0.724. The maximum atomic E-state index is 10.7. The van der Waals surface area contributed by atoms with Crippen molar-refractivity contribution in [3.8, 4) is 0 Å². The van der Waals surface area contributed by atoms with E-state index in [1.807, 2.05) is 0 Å². The van der Waals surface area contributed by atoms with E-state index in [2.05, 4.69) is 10.1 Å². The molecule has 76 valence electrons. The summed E-state index contributed by atoms with van der Waals surface area (Å²) in [7, 11) is 1.37. The van der Waals surface area contributed by atoms with Gasteiger partial charge >= 0.3 is 6.09 Å². The second kappa shape index (κ2) is 5.80. The Morgan fingerprint density at radius 3 is 3.08 bits per heavy atom. The van der Waals surface area contributed by atoms with Crippen molar-refractivity contribution in [3.63, 3.8) is 0 Å². The Labute approximate surface area is 78.6 Å². The molecule has 1 amide bonds. The largest absolute Gasteiger partial charge is 0.453 e. The first-order valence-corrected chi connectivity index (χ1v) is 4.76. The van der Waals surface area contributed by atoms with Gasteiger partial charge in [0.2, 0.25) is 0 Å². The molecule has 1 saturated heterocycles. The SMILES string of the molecule is COC(=O)NCCC1CCCCO1. The summed E-state index contributed by atoms with van der Waals surface area (Å²) in [6.07, 6.45) is 4.36. The van der Waals surface area contributed by atoms with Crippen molar-refractivity contribution >= 4 is 6.09 Å². The van der Waals surface area contributed by atoms with Crippen molar-refractivity contribution in [1.29, 1.82) is 0 Å². The predicted octanol–water partition coefficient (Wildman–Crippen LogP) is 1.30. The fraction of sp³-hybridized carbons (Fsp3) is 0.889. The Bertz CT molecular complexity index is 155. The van der Waals surface area contributed by atoms with Crippen LogP contribution in [0.1, 0.15) is 25.7 Å². The van der Waals surface area contributed by atoms with Gasteiger partial charge in [0.05, 0.1) is 13.2 Å². The number of hydrogen-bond acceptors (Lipinski definition) is 3. The lowest BCUT2D eigenvalue weighted by atomic mass is 10.1. The van der Waals surface area contributed by atoms with E-state index >= 15 is 0 Å². The molecule has 1 aliphatic heterocycles. The Hall–Kier alpha value is -0.770. The molecular weight excluding hydrogens is 170 g/mol. The highest BCUT2D eigenvalue weighted by atomic mass is 16.5. The van der Waals surface area contributed by atoms with Crippen molar-refractivity contribution < 1.29 is 14.3 Å². The first kappa shape index (κ1) is 10.3. The number of rotatable bonds is 3. The molecule has 0 saturated carbocycles. The summed E-state index contributed by atoms with van der Waals surface area (Å²) in [5, 5.41) is 2.64. The van der Waals surface area contributed by atoms with Crippen LogP contribution in [0.2, 0.25) is 0 Å². The Morgan fingerprint density at radius 2 is 2.46 bits per heavy atom. The Balaban J connectivity index is 2.01. The van der Waals surface area contributed by atoms with Gasteiger partial charge in [-0.15, -0.1) is 0 Å². The molecule has 0 aromatic rings. The van der Waals surface area contributed by atoms with Gasteiger partial charge in [-0.3, -0.25) is 0 Å². The van der Waals surface area contributed by atoms with E-state index in [9.17, 15) is 4.79 Å². The number of carbonyl (C=O) groups is 1. The van der Waals surface area contributed by atoms with Gasteiger partial charge in [0.15, 0.2) is 0 Å². The molecule has 1 aliphatic rings. The highest BCUT2D eigenvalue weighted by Gasteiger charge is 2.13. The van der Waals surface area contributed by atoms with Crippen LogP contribution < -0.4 is 5.32 Å². The van der Waals surface area contributed by atoms with Crippen molar-refractivity contribution in [2.75, 3.05) is 20.3 Å². The van der Waals surface area contributed by atoms with Crippen molar-refractivity contribution in [3.05, 3.63) is 0 Å². The molecule has 0 aliphatic carbocycles. The minimum absolute atomic E-state index is 0.325. The molecule has 1 fully saturated rings. The fourth-order valence-corrected chi connectivity index (χ4v) is 1.44. The second-order valence-corrected chi connectivity index (χ2v) is 3.20. The minimum atomic E-state index is -0.365. The number of ether oxygens (including phenoxy) is 2. The lowest BCUT2D eigenvalue weighted by Gasteiger charge is -2.22. The molecule has 1 atom stereocenters. The highest BCUT2D eigenvalue weighted by molar-refractivity contribution is 5.66. The van der Waals surface area contributed by atoms with Gasteiger partial charge in [0.1, 0.15) is 0 Å². The van der Waals surface area contributed by atoms with E-state index < -0.39 is 0 Å². The van der Waals surface area contributed by atoms with Crippen LogP contribution in [-0.4, -0.2) is 32.5 Å². The van der Waals surface area contributed by atoms with Crippen LogP contribution in [-0.2, 0) is 9.47 Å². The molecule has 0 aromatic heterocycles. The van der Waals surface area contributed by atoms with Crippen molar-refractivity contribution in [1.82, 2.24) is 5.32 Å². The third kappa shape index (κ3) is 4.12. The van der Waals surface area contributed by atoms with Crippen molar-refractivity contribution in [2.24, 2.45) is 0 Å². The van der Waals surface area contributed by atoms with Crippen LogP contribution in [0, 0.1) is 0 Å². The second-order valence-electron chi connectivity index (χ2n) is 3.20. The van der Waals surface area contributed by atoms with E-state index in [0.29, 0.717) is 12.6 Å². The number of alkyl carbamates (subject to hydrolysis) is 1. The van der Waals surface area contributed by atoms with E-state index in [1.165, 1.54) is 20.0 Å². The average Bonchev–Trinajstić information content (AvgIpc) is 2.19. The predicted molar refractivity (Wildman–Crippen MR) is 48.6 cm³/mol. The molecule has 1 N–H and O–H groups in total. The number of amides is 1. The summed E-state index contributed by atoms with van der Waals surface area (Å²) in [4.78, 5) is 10.7. The molecular formula is C9H17NO3. The zero-order valence-corrected chi connectivity index (χ0v) is 8.04. The minimum Gasteiger partial charge on any atom is -0.453 e. The third-order valence-corrected chi connectivity index (χ3v) is 2.20. The van der Waals surface area contributed by atoms with Crippen LogP contribution in [0.4, 0.5) is 4.79 Å². The molecule has 1 heterocycles. The number of methoxy groups -OCH3 is 1. The van der Waals surface area contributed by atoms with Gasteiger partial charge in [0, 0.05) is 13.2 Å². The van der Waals surface area contributed by atoms with E-state index in [0.717, 1.165) is 19.4 Å². The summed E-state index contributed by atoms with van der Waals surface area (Å²) < 4.78 is 9.95. The highest BCUT2D eigenvalue weighted by Crippen LogP contribution is 2.14. The van der Waals surface area contributed by atoms with Crippen LogP contribution in [0.15, 0.2) is 0 Å². The number of hydrogen-bond donors (Lipinski definition) is 1.